The van der Waals surface area contributed by atoms with Crippen LogP contribution in [0.25, 0.3) is 0 Å². The Morgan fingerprint density at radius 2 is 2.14 bits per heavy atom. The van der Waals surface area contributed by atoms with E-state index >= 15 is 0 Å². The Morgan fingerprint density at radius 1 is 1.33 bits per heavy atom. The molecule has 0 bridgehead atoms. The number of ether oxygens (including phenoxy) is 2. The average molecular weight is 353 g/mol. The molecule has 0 amide bonds. The lowest BCUT2D eigenvalue weighted by molar-refractivity contribution is 0.0438. The van der Waals surface area contributed by atoms with Gasteiger partial charge in [0.2, 0.25) is 0 Å². The van der Waals surface area contributed by atoms with Gasteiger partial charge in [-0.2, -0.15) is 0 Å². The Balaban J connectivity index is 1.82. The van der Waals surface area contributed by atoms with Crippen molar-refractivity contribution in [3.63, 3.8) is 0 Å². The third kappa shape index (κ3) is 4.26. The average Bonchev–Trinajstić information content (AvgIpc) is 2.85. The standard InChI is InChI=1S/C15H17BrN2O3/c1-2-18-10-12(17)9-14(18)15(19)21-7-6-20-13-5-3-4-11(16)8-13/h3-5,8-10H,2,6-7,17H2,1H3. The Labute approximate surface area is 131 Å². The van der Waals surface area contributed by atoms with E-state index in [0.29, 0.717) is 24.5 Å². The second kappa shape index (κ2) is 7.17. The second-order valence-corrected chi connectivity index (χ2v) is 5.30. The van der Waals surface area contributed by atoms with Gasteiger partial charge in [-0.3, -0.25) is 0 Å². The van der Waals surface area contributed by atoms with Gasteiger partial charge in [0.25, 0.3) is 0 Å². The number of nitrogens with zero attached hydrogens (tertiary/aromatic N) is 1. The van der Waals surface area contributed by atoms with Crippen LogP contribution in [-0.4, -0.2) is 23.8 Å². The van der Waals surface area contributed by atoms with Crippen molar-refractivity contribution in [2.24, 2.45) is 0 Å². The molecule has 2 rings (SSSR count). The first-order chi connectivity index (χ1) is 10.1. The number of aromatic nitrogens is 1. The van der Waals surface area contributed by atoms with E-state index in [-0.39, 0.29) is 6.61 Å². The highest BCUT2D eigenvalue weighted by Crippen LogP contribution is 2.17. The molecule has 0 saturated heterocycles. The van der Waals surface area contributed by atoms with Gasteiger partial charge >= 0.3 is 5.97 Å². The molecule has 0 unspecified atom stereocenters. The zero-order valence-electron chi connectivity index (χ0n) is 11.7. The molecule has 0 aliphatic carbocycles. The highest BCUT2D eigenvalue weighted by Gasteiger charge is 2.13. The van der Waals surface area contributed by atoms with Crippen LogP contribution in [0.15, 0.2) is 41.0 Å². The predicted octanol–water partition coefficient (Wildman–Crippen LogP) is 3.09. The van der Waals surface area contributed by atoms with Gasteiger partial charge in [0.15, 0.2) is 0 Å². The maximum Gasteiger partial charge on any atom is 0.355 e. The third-order valence-electron chi connectivity index (χ3n) is 2.85. The van der Waals surface area contributed by atoms with Crippen LogP contribution in [0.2, 0.25) is 0 Å². The minimum Gasteiger partial charge on any atom is -0.490 e. The second-order valence-electron chi connectivity index (χ2n) is 4.39. The van der Waals surface area contributed by atoms with E-state index in [1.165, 1.54) is 0 Å². The molecule has 0 saturated carbocycles. The van der Waals surface area contributed by atoms with Crippen molar-refractivity contribution in [3.8, 4) is 5.75 Å². The first-order valence-electron chi connectivity index (χ1n) is 6.61. The normalized spacial score (nSPS) is 10.4. The number of hydrogen-bond donors (Lipinski definition) is 1. The number of nitrogen functional groups attached to an aromatic ring is 1. The lowest BCUT2D eigenvalue weighted by Gasteiger charge is -2.08. The Bertz CT molecular complexity index is 625. The smallest absolute Gasteiger partial charge is 0.355 e. The fourth-order valence-corrected chi connectivity index (χ4v) is 2.27. The van der Waals surface area contributed by atoms with Gasteiger partial charge in [-0.25, -0.2) is 4.79 Å². The number of aryl methyl sites for hydroxylation is 1. The Kier molecular flexibility index (Phi) is 5.27. The number of halogens is 1. The van der Waals surface area contributed by atoms with Crippen molar-refractivity contribution in [1.29, 1.82) is 0 Å². The van der Waals surface area contributed by atoms with Crippen molar-refractivity contribution in [3.05, 3.63) is 46.7 Å². The molecule has 1 heterocycles. The fraction of sp³-hybridized carbons (Fsp3) is 0.267. The van der Waals surface area contributed by atoms with Crippen molar-refractivity contribution < 1.29 is 14.3 Å². The number of benzene rings is 1. The molecule has 0 aliphatic rings. The molecule has 112 valence electrons. The van der Waals surface area contributed by atoms with Crippen LogP contribution in [0.3, 0.4) is 0 Å². The van der Waals surface area contributed by atoms with Gasteiger partial charge in [-0.05, 0) is 31.2 Å². The zero-order chi connectivity index (χ0) is 15.2. The zero-order valence-corrected chi connectivity index (χ0v) is 13.3. The Hall–Kier alpha value is -1.95. The minimum absolute atomic E-state index is 0.181. The summed E-state index contributed by atoms with van der Waals surface area (Å²) in [5.74, 6) is 0.327. The van der Waals surface area contributed by atoms with Crippen molar-refractivity contribution in [2.45, 2.75) is 13.5 Å². The summed E-state index contributed by atoms with van der Waals surface area (Å²) in [4.78, 5) is 11.9. The molecule has 1 aromatic heterocycles. The highest BCUT2D eigenvalue weighted by atomic mass is 79.9. The maximum absolute atomic E-state index is 11.9. The van der Waals surface area contributed by atoms with Gasteiger partial charge < -0.3 is 19.8 Å². The number of carbonyl (C=O) groups excluding carboxylic acids is 1. The quantitative estimate of drug-likeness (QED) is 0.640. The van der Waals surface area contributed by atoms with Gasteiger partial charge in [0.1, 0.15) is 24.7 Å². The van der Waals surface area contributed by atoms with Crippen LogP contribution in [0.1, 0.15) is 17.4 Å². The summed E-state index contributed by atoms with van der Waals surface area (Å²) in [7, 11) is 0. The summed E-state index contributed by atoms with van der Waals surface area (Å²) in [6.07, 6.45) is 1.72. The number of esters is 1. The van der Waals surface area contributed by atoms with Crippen molar-refractivity contribution in [1.82, 2.24) is 4.57 Å². The van der Waals surface area contributed by atoms with Gasteiger partial charge in [0, 0.05) is 17.2 Å². The monoisotopic (exact) mass is 352 g/mol. The summed E-state index contributed by atoms with van der Waals surface area (Å²) in [6, 6.07) is 9.10. The molecule has 2 aromatic rings. The molecule has 5 nitrogen and oxygen atoms in total. The van der Waals surface area contributed by atoms with E-state index in [4.69, 9.17) is 15.2 Å². The predicted molar refractivity (Wildman–Crippen MR) is 84.4 cm³/mol. The van der Waals surface area contributed by atoms with Crippen LogP contribution in [0.4, 0.5) is 5.69 Å². The number of carbonyl (C=O) groups is 1. The molecular weight excluding hydrogens is 336 g/mol. The molecular formula is C15H17BrN2O3. The van der Waals surface area contributed by atoms with Gasteiger partial charge in [-0.1, -0.05) is 22.0 Å². The first kappa shape index (κ1) is 15.4. The lowest BCUT2D eigenvalue weighted by atomic mass is 10.3. The molecule has 0 atom stereocenters. The summed E-state index contributed by atoms with van der Waals surface area (Å²) in [5.41, 5.74) is 6.69. The topological polar surface area (TPSA) is 66.5 Å². The Morgan fingerprint density at radius 3 is 2.86 bits per heavy atom. The van der Waals surface area contributed by atoms with Crippen molar-refractivity contribution >= 4 is 27.6 Å². The minimum atomic E-state index is -0.397. The molecule has 0 spiro atoms. The number of anilines is 1. The fourth-order valence-electron chi connectivity index (χ4n) is 1.89. The van der Waals surface area contributed by atoms with Crippen LogP contribution in [0, 0.1) is 0 Å². The highest BCUT2D eigenvalue weighted by molar-refractivity contribution is 9.10. The van der Waals surface area contributed by atoms with Crippen LogP contribution in [0.5, 0.6) is 5.75 Å². The van der Waals surface area contributed by atoms with E-state index in [1.54, 1.807) is 16.8 Å². The van der Waals surface area contributed by atoms with Gasteiger partial charge in [-0.15, -0.1) is 0 Å². The molecule has 0 fully saturated rings. The number of rotatable bonds is 6. The van der Waals surface area contributed by atoms with E-state index in [1.807, 2.05) is 31.2 Å². The number of nitrogens with two attached hydrogens (primary N) is 1. The lowest BCUT2D eigenvalue weighted by Crippen LogP contribution is -2.15. The molecule has 6 heteroatoms. The molecule has 2 N–H and O–H groups in total. The SMILES string of the molecule is CCn1cc(N)cc1C(=O)OCCOc1cccc(Br)c1. The third-order valence-corrected chi connectivity index (χ3v) is 3.34. The van der Waals surface area contributed by atoms with Gasteiger partial charge in [0.05, 0.1) is 5.69 Å². The summed E-state index contributed by atoms with van der Waals surface area (Å²) in [5, 5.41) is 0. The molecule has 21 heavy (non-hydrogen) atoms. The van der Waals surface area contributed by atoms with Crippen LogP contribution >= 0.6 is 15.9 Å². The van der Waals surface area contributed by atoms with E-state index in [0.717, 1.165) is 10.2 Å². The first-order valence-corrected chi connectivity index (χ1v) is 7.40. The summed E-state index contributed by atoms with van der Waals surface area (Å²) >= 11 is 3.36. The number of hydrogen-bond acceptors (Lipinski definition) is 4. The van der Waals surface area contributed by atoms with E-state index in [2.05, 4.69) is 15.9 Å². The summed E-state index contributed by atoms with van der Waals surface area (Å²) < 4.78 is 13.4. The van der Waals surface area contributed by atoms with E-state index in [9.17, 15) is 4.79 Å². The van der Waals surface area contributed by atoms with Crippen LogP contribution in [-0.2, 0) is 11.3 Å². The van der Waals surface area contributed by atoms with Crippen molar-refractivity contribution in [2.75, 3.05) is 18.9 Å². The molecule has 1 aromatic carbocycles. The largest absolute Gasteiger partial charge is 0.490 e. The maximum atomic E-state index is 11.9. The summed E-state index contributed by atoms with van der Waals surface area (Å²) in [6.45, 7) is 3.08. The molecule has 0 radical (unpaired) electrons. The van der Waals surface area contributed by atoms with Crippen LogP contribution < -0.4 is 10.5 Å². The molecule has 0 aliphatic heterocycles. The van der Waals surface area contributed by atoms with E-state index < -0.39 is 5.97 Å².